The Balaban J connectivity index is 1.22. The Bertz CT molecular complexity index is 1410. The minimum atomic E-state index is -0.667. The summed E-state index contributed by atoms with van der Waals surface area (Å²) in [5.74, 6) is 2.54. The van der Waals surface area contributed by atoms with Gasteiger partial charge >= 0.3 is 6.09 Å². The number of carbonyl (C=O) groups is 2. The number of hydrogen-bond donors (Lipinski definition) is 2. The third-order valence-corrected chi connectivity index (χ3v) is 8.65. The molecule has 0 radical (unpaired) electrons. The quantitative estimate of drug-likeness (QED) is 0.374. The van der Waals surface area contributed by atoms with Gasteiger partial charge in [-0.1, -0.05) is 0 Å². The molecule has 14 heteroatoms. The highest BCUT2D eigenvalue weighted by molar-refractivity contribution is 9.10. The number of hydrogen-bond acceptors (Lipinski definition) is 10. The Morgan fingerprint density at radius 1 is 1.27 bits per heavy atom. The molecule has 2 atom stereocenters. The summed E-state index contributed by atoms with van der Waals surface area (Å²) in [5, 5.41) is 3.21. The second kappa shape index (κ2) is 11.9. The van der Waals surface area contributed by atoms with Gasteiger partial charge in [0, 0.05) is 29.0 Å². The van der Waals surface area contributed by atoms with Gasteiger partial charge in [0.15, 0.2) is 34.0 Å². The van der Waals surface area contributed by atoms with Crippen LogP contribution in [0.4, 0.5) is 10.6 Å². The van der Waals surface area contributed by atoms with Gasteiger partial charge in [0.1, 0.15) is 11.6 Å². The first-order chi connectivity index (χ1) is 19.5. The SMILES string of the molecule is C[C@@H](NC(=O)OC(C)(C)C)C(=O)N1CCC[C@@H](CCn2cnc(N)c3nc(Sc4cc5c(cc4Br)OCO5)nc2-3)C1. The highest BCUT2D eigenvalue weighted by Crippen LogP contribution is 2.43. The molecule has 4 aliphatic rings. The number of piperidine rings is 1. The van der Waals surface area contributed by atoms with Crippen molar-refractivity contribution in [1.82, 2.24) is 29.7 Å². The number of amides is 2. The molecule has 5 rings (SSSR count). The van der Waals surface area contributed by atoms with Crippen molar-refractivity contribution in [2.24, 2.45) is 5.92 Å². The lowest BCUT2D eigenvalue weighted by atomic mass is 9.94. The average molecular weight is 649 g/mol. The molecule has 4 aliphatic heterocycles. The summed E-state index contributed by atoms with van der Waals surface area (Å²) >= 11 is 4.99. The average Bonchev–Trinajstić information content (AvgIpc) is 3.54. The second-order valence-electron chi connectivity index (χ2n) is 11.2. The molecule has 1 aromatic rings. The van der Waals surface area contributed by atoms with E-state index in [4.69, 9.17) is 24.9 Å². The van der Waals surface area contributed by atoms with E-state index in [9.17, 15) is 9.59 Å². The van der Waals surface area contributed by atoms with E-state index in [2.05, 4.69) is 31.2 Å². The van der Waals surface area contributed by atoms with Crippen molar-refractivity contribution in [3.8, 4) is 23.0 Å². The van der Waals surface area contributed by atoms with Crippen molar-refractivity contribution >= 4 is 45.5 Å². The third kappa shape index (κ3) is 6.97. The Morgan fingerprint density at radius 2 is 2.02 bits per heavy atom. The largest absolute Gasteiger partial charge is 0.454 e. The van der Waals surface area contributed by atoms with Crippen LogP contribution in [0.25, 0.3) is 11.5 Å². The summed E-state index contributed by atoms with van der Waals surface area (Å²) in [6, 6.07) is 3.10. The monoisotopic (exact) mass is 647 g/mol. The van der Waals surface area contributed by atoms with Crippen molar-refractivity contribution in [3.63, 3.8) is 0 Å². The molecule has 2 amide bonds. The predicted molar refractivity (Wildman–Crippen MR) is 156 cm³/mol. The summed E-state index contributed by atoms with van der Waals surface area (Å²) < 4.78 is 19.1. The first-order valence-corrected chi connectivity index (χ1v) is 15.1. The van der Waals surface area contributed by atoms with Crippen LogP contribution in [0.15, 0.2) is 33.0 Å². The molecule has 3 N–H and O–H groups in total. The molecule has 0 bridgehead atoms. The molecule has 0 aromatic heterocycles. The number of aryl methyl sites for hydroxylation is 1. The number of nitrogens with zero attached hydrogens (tertiary/aromatic N) is 5. The lowest BCUT2D eigenvalue weighted by Crippen LogP contribution is -2.50. The lowest BCUT2D eigenvalue weighted by molar-refractivity contribution is -0.134. The lowest BCUT2D eigenvalue weighted by Gasteiger charge is -2.34. The van der Waals surface area contributed by atoms with Crippen LogP contribution in [0.2, 0.25) is 0 Å². The fraction of sp³-hybridized carbons (Fsp3) is 0.519. The van der Waals surface area contributed by atoms with Crippen LogP contribution in [0.3, 0.4) is 0 Å². The van der Waals surface area contributed by atoms with E-state index in [1.165, 1.54) is 11.8 Å². The Labute approximate surface area is 251 Å². The maximum Gasteiger partial charge on any atom is 0.408 e. The van der Waals surface area contributed by atoms with Crippen LogP contribution in [0, 0.1) is 5.92 Å². The van der Waals surface area contributed by atoms with Crippen molar-refractivity contribution in [2.75, 3.05) is 25.6 Å². The second-order valence-corrected chi connectivity index (χ2v) is 13.1. The van der Waals surface area contributed by atoms with E-state index in [-0.39, 0.29) is 12.7 Å². The van der Waals surface area contributed by atoms with Gasteiger partial charge in [-0.3, -0.25) is 4.79 Å². The maximum atomic E-state index is 13.1. The first kappa shape index (κ1) is 29.2. The number of nitrogens with one attached hydrogen (secondary N) is 1. The molecule has 0 unspecified atom stereocenters. The molecule has 0 aliphatic carbocycles. The number of ether oxygens (including phenoxy) is 3. The van der Waals surface area contributed by atoms with E-state index in [0.717, 1.165) is 28.6 Å². The number of rotatable bonds is 7. The van der Waals surface area contributed by atoms with Crippen molar-refractivity contribution in [1.29, 1.82) is 0 Å². The van der Waals surface area contributed by atoms with Gasteiger partial charge in [0.25, 0.3) is 0 Å². The fourth-order valence-corrected chi connectivity index (χ4v) is 6.21. The Hall–Kier alpha value is -3.26. The molecule has 4 heterocycles. The number of aromatic nitrogens is 4. The topological polar surface area (TPSA) is 147 Å². The van der Waals surface area contributed by atoms with Crippen LogP contribution in [-0.2, 0) is 16.1 Å². The summed E-state index contributed by atoms with van der Waals surface area (Å²) in [6.45, 7) is 9.19. The Kier molecular flexibility index (Phi) is 8.50. The summed E-state index contributed by atoms with van der Waals surface area (Å²) in [7, 11) is 0. The van der Waals surface area contributed by atoms with Gasteiger partial charge in [-0.2, -0.15) is 0 Å². The smallest absolute Gasteiger partial charge is 0.408 e. The highest BCUT2D eigenvalue weighted by Gasteiger charge is 2.29. The van der Waals surface area contributed by atoms with Crippen LogP contribution in [0.5, 0.6) is 11.5 Å². The number of nitrogen functional groups attached to an aromatic ring is 1. The Morgan fingerprint density at radius 3 is 2.78 bits per heavy atom. The number of anilines is 1. The summed E-state index contributed by atoms with van der Waals surface area (Å²) in [5.41, 5.74) is 6.08. The number of carbonyl (C=O) groups excluding carboxylic acids is 2. The zero-order valence-electron chi connectivity index (χ0n) is 23.5. The number of benzene rings is 1. The number of nitrogens with two attached hydrogens (primary N) is 1. The van der Waals surface area contributed by atoms with Gasteiger partial charge in [0.2, 0.25) is 12.7 Å². The molecular weight excluding hydrogens is 614 g/mol. The third-order valence-electron chi connectivity index (χ3n) is 6.81. The molecule has 41 heavy (non-hydrogen) atoms. The highest BCUT2D eigenvalue weighted by atomic mass is 79.9. The van der Waals surface area contributed by atoms with Crippen molar-refractivity contribution in [3.05, 3.63) is 22.9 Å². The number of alkyl carbamates (subject to hydrolysis) is 1. The van der Waals surface area contributed by atoms with E-state index in [0.29, 0.717) is 59.5 Å². The molecule has 0 spiro atoms. The van der Waals surface area contributed by atoms with Gasteiger partial charge in [-0.25, -0.2) is 19.7 Å². The number of halogens is 1. The summed E-state index contributed by atoms with van der Waals surface area (Å²) in [6.07, 6.45) is 3.83. The zero-order valence-corrected chi connectivity index (χ0v) is 25.9. The predicted octanol–water partition coefficient (Wildman–Crippen LogP) is 4.54. The fourth-order valence-electron chi connectivity index (χ4n) is 4.86. The number of fused-ring (bicyclic) bond motifs is 2. The van der Waals surface area contributed by atoms with E-state index in [1.54, 1.807) is 34.0 Å². The number of likely N-dealkylation sites (tertiary alicyclic amines) is 1. The molecular formula is C27H34BrN7O5S. The van der Waals surface area contributed by atoms with Gasteiger partial charge in [-0.05, 0) is 92.7 Å². The molecule has 0 saturated carbocycles. The van der Waals surface area contributed by atoms with Crippen molar-refractivity contribution < 1.29 is 23.8 Å². The molecule has 1 aromatic carbocycles. The minimum absolute atomic E-state index is 0.108. The maximum absolute atomic E-state index is 13.1. The van der Waals surface area contributed by atoms with Gasteiger partial charge < -0.3 is 34.7 Å². The normalized spacial score (nSPS) is 17.5. The molecule has 220 valence electrons. The van der Waals surface area contributed by atoms with E-state index in [1.807, 2.05) is 21.6 Å². The summed E-state index contributed by atoms with van der Waals surface area (Å²) in [4.78, 5) is 41.7. The van der Waals surface area contributed by atoms with Crippen LogP contribution < -0.4 is 20.5 Å². The van der Waals surface area contributed by atoms with E-state index >= 15 is 0 Å². The minimum Gasteiger partial charge on any atom is -0.454 e. The standard InChI is InChI=1S/C27H34BrN7O5S/c1-15(31-26(37)40-27(2,3)4)24(36)34-8-5-6-16(12-34)7-9-35-13-30-22(29)21-23(35)33-25(32-21)41-20-11-19-18(10-17(20)28)38-14-39-19/h10-11,13,15-16H,5-9,12,14,29H2,1-4H3,(H,31,37)/t15-,16+/m1/s1. The van der Waals surface area contributed by atoms with Crippen molar-refractivity contribution in [2.45, 2.75) is 75.2 Å². The van der Waals surface area contributed by atoms with Gasteiger partial charge in [-0.15, -0.1) is 0 Å². The van der Waals surface area contributed by atoms with Gasteiger partial charge in [0.05, 0.1) is 6.33 Å². The molecule has 1 fully saturated rings. The van der Waals surface area contributed by atoms with Crippen LogP contribution in [0.1, 0.15) is 47.0 Å². The number of imidazole rings is 1. The van der Waals surface area contributed by atoms with Crippen LogP contribution >= 0.6 is 27.7 Å². The van der Waals surface area contributed by atoms with E-state index < -0.39 is 17.7 Å². The molecule has 12 nitrogen and oxygen atoms in total. The first-order valence-electron chi connectivity index (χ1n) is 13.5. The zero-order chi connectivity index (χ0) is 29.3. The molecule has 1 saturated heterocycles. The van der Waals surface area contributed by atoms with Crippen LogP contribution in [-0.4, -0.2) is 67.9 Å².